The molecule has 0 amide bonds. The minimum atomic E-state index is -0.344. The van der Waals surface area contributed by atoms with E-state index in [1.807, 2.05) is 7.05 Å². The predicted molar refractivity (Wildman–Crippen MR) is 71.2 cm³/mol. The second-order valence-electron chi connectivity index (χ2n) is 3.72. The van der Waals surface area contributed by atoms with Gasteiger partial charge in [0.2, 0.25) is 0 Å². The van der Waals surface area contributed by atoms with Gasteiger partial charge in [-0.25, -0.2) is 4.39 Å². The molecular formula is C13H12BrFN2O. The van der Waals surface area contributed by atoms with Crippen molar-refractivity contribution in [2.75, 3.05) is 7.05 Å². The summed E-state index contributed by atoms with van der Waals surface area (Å²) < 4.78 is 19.6. The highest BCUT2D eigenvalue weighted by Crippen LogP contribution is 2.27. The fourth-order valence-electron chi connectivity index (χ4n) is 1.55. The first-order valence-electron chi connectivity index (χ1n) is 5.40. The summed E-state index contributed by atoms with van der Waals surface area (Å²) in [6.45, 7) is 0.639. The summed E-state index contributed by atoms with van der Waals surface area (Å²) in [5.41, 5.74) is 0.917. The lowest BCUT2D eigenvalue weighted by Crippen LogP contribution is -2.06. The number of hydrogen-bond donors (Lipinski definition) is 1. The first kappa shape index (κ1) is 13.0. The zero-order valence-corrected chi connectivity index (χ0v) is 11.4. The molecule has 1 N–H and O–H groups in total. The molecule has 2 rings (SSSR count). The molecule has 0 spiro atoms. The molecule has 0 saturated carbocycles. The lowest BCUT2D eigenvalue weighted by molar-refractivity contribution is 0.467. The van der Waals surface area contributed by atoms with E-state index in [0.29, 0.717) is 22.5 Å². The van der Waals surface area contributed by atoms with Crippen LogP contribution in [0.4, 0.5) is 4.39 Å². The van der Waals surface area contributed by atoms with Crippen LogP contribution >= 0.6 is 15.9 Å². The fraction of sp³-hybridized carbons (Fsp3) is 0.154. The molecule has 1 aromatic heterocycles. The molecule has 1 heterocycles. The van der Waals surface area contributed by atoms with Gasteiger partial charge in [-0.05, 0) is 25.2 Å². The fourth-order valence-corrected chi connectivity index (χ4v) is 2.00. The molecule has 18 heavy (non-hydrogen) atoms. The van der Waals surface area contributed by atoms with Gasteiger partial charge in [0.15, 0.2) is 0 Å². The average Bonchev–Trinajstić information content (AvgIpc) is 2.30. The SMILES string of the molecule is CNCc1cnccc1Oc1cc(F)cc(Br)c1. The molecule has 0 unspecified atom stereocenters. The number of aromatic nitrogens is 1. The number of ether oxygens (including phenoxy) is 1. The standard InChI is InChI=1S/C13H12BrFN2O/c1-16-7-9-8-17-3-2-13(9)18-12-5-10(14)4-11(15)6-12/h2-6,8,16H,7H2,1H3. The minimum Gasteiger partial charge on any atom is -0.457 e. The third-order valence-electron chi connectivity index (χ3n) is 2.29. The Labute approximate surface area is 113 Å². The van der Waals surface area contributed by atoms with Gasteiger partial charge in [0, 0.05) is 35.0 Å². The highest BCUT2D eigenvalue weighted by Gasteiger charge is 2.06. The Balaban J connectivity index is 2.27. The van der Waals surface area contributed by atoms with E-state index in [-0.39, 0.29) is 5.82 Å². The van der Waals surface area contributed by atoms with Crippen LogP contribution in [0.3, 0.4) is 0 Å². The molecule has 0 bridgehead atoms. The first-order chi connectivity index (χ1) is 8.69. The van der Waals surface area contributed by atoms with E-state index in [2.05, 4.69) is 26.2 Å². The van der Waals surface area contributed by atoms with Crippen LogP contribution in [0, 0.1) is 5.82 Å². The van der Waals surface area contributed by atoms with Crippen LogP contribution in [0.1, 0.15) is 5.56 Å². The summed E-state index contributed by atoms with van der Waals surface area (Å²) >= 11 is 3.23. The molecule has 0 fully saturated rings. The zero-order chi connectivity index (χ0) is 13.0. The van der Waals surface area contributed by atoms with Crippen molar-refractivity contribution in [3.05, 3.63) is 52.5 Å². The van der Waals surface area contributed by atoms with E-state index in [4.69, 9.17) is 4.74 Å². The summed E-state index contributed by atoms with van der Waals surface area (Å²) in [5.74, 6) is 0.769. The number of nitrogens with one attached hydrogen (secondary N) is 1. The number of pyridine rings is 1. The van der Waals surface area contributed by atoms with Crippen LogP contribution < -0.4 is 10.1 Å². The maximum atomic E-state index is 13.2. The molecule has 0 aliphatic carbocycles. The lowest BCUT2D eigenvalue weighted by Gasteiger charge is -2.10. The van der Waals surface area contributed by atoms with Crippen LogP contribution in [0.5, 0.6) is 11.5 Å². The average molecular weight is 311 g/mol. The van der Waals surface area contributed by atoms with Gasteiger partial charge in [-0.3, -0.25) is 4.98 Å². The molecule has 0 aliphatic rings. The Morgan fingerprint density at radius 3 is 2.94 bits per heavy atom. The molecule has 0 aliphatic heterocycles. The number of hydrogen-bond acceptors (Lipinski definition) is 3. The van der Waals surface area contributed by atoms with E-state index in [1.54, 1.807) is 24.5 Å². The molecule has 2 aromatic rings. The third kappa shape index (κ3) is 3.27. The third-order valence-corrected chi connectivity index (χ3v) is 2.75. The lowest BCUT2D eigenvalue weighted by atomic mass is 10.2. The Kier molecular flexibility index (Phi) is 4.28. The normalized spacial score (nSPS) is 10.4. The van der Waals surface area contributed by atoms with Gasteiger partial charge in [-0.1, -0.05) is 15.9 Å². The predicted octanol–water partition coefficient (Wildman–Crippen LogP) is 3.49. The zero-order valence-electron chi connectivity index (χ0n) is 9.78. The van der Waals surface area contributed by atoms with Gasteiger partial charge >= 0.3 is 0 Å². The quantitative estimate of drug-likeness (QED) is 0.938. The van der Waals surface area contributed by atoms with E-state index >= 15 is 0 Å². The summed E-state index contributed by atoms with van der Waals surface area (Å²) in [5, 5.41) is 3.03. The van der Waals surface area contributed by atoms with Crippen molar-refractivity contribution < 1.29 is 9.13 Å². The molecule has 0 atom stereocenters. The highest BCUT2D eigenvalue weighted by molar-refractivity contribution is 9.10. The minimum absolute atomic E-state index is 0.344. The molecule has 5 heteroatoms. The molecule has 1 aromatic carbocycles. The van der Waals surface area contributed by atoms with Crippen molar-refractivity contribution in [3.8, 4) is 11.5 Å². The van der Waals surface area contributed by atoms with Crippen molar-refractivity contribution >= 4 is 15.9 Å². The van der Waals surface area contributed by atoms with E-state index in [0.717, 1.165) is 5.56 Å². The first-order valence-corrected chi connectivity index (χ1v) is 6.20. The van der Waals surface area contributed by atoms with Gasteiger partial charge < -0.3 is 10.1 Å². The van der Waals surface area contributed by atoms with Crippen LogP contribution in [0.15, 0.2) is 41.1 Å². The van der Waals surface area contributed by atoms with Gasteiger partial charge in [-0.15, -0.1) is 0 Å². The Morgan fingerprint density at radius 2 is 2.22 bits per heavy atom. The molecule has 0 saturated heterocycles. The number of halogens is 2. The largest absolute Gasteiger partial charge is 0.457 e. The Bertz CT molecular complexity index is 528. The smallest absolute Gasteiger partial charge is 0.134 e. The van der Waals surface area contributed by atoms with Crippen LogP contribution in [-0.4, -0.2) is 12.0 Å². The van der Waals surface area contributed by atoms with Gasteiger partial charge in [0.05, 0.1) is 0 Å². The van der Waals surface area contributed by atoms with Crippen molar-refractivity contribution in [3.63, 3.8) is 0 Å². The van der Waals surface area contributed by atoms with Crippen LogP contribution in [0.2, 0.25) is 0 Å². The van der Waals surface area contributed by atoms with Crippen molar-refractivity contribution in [1.82, 2.24) is 10.3 Å². The monoisotopic (exact) mass is 310 g/mol. The molecule has 94 valence electrons. The maximum absolute atomic E-state index is 13.2. The van der Waals surface area contributed by atoms with E-state index < -0.39 is 0 Å². The van der Waals surface area contributed by atoms with Crippen LogP contribution in [0.25, 0.3) is 0 Å². The Morgan fingerprint density at radius 1 is 1.39 bits per heavy atom. The number of nitrogens with zero attached hydrogens (tertiary/aromatic N) is 1. The van der Waals surface area contributed by atoms with Crippen molar-refractivity contribution in [2.45, 2.75) is 6.54 Å². The van der Waals surface area contributed by atoms with Gasteiger partial charge in [-0.2, -0.15) is 0 Å². The summed E-state index contributed by atoms with van der Waals surface area (Å²) in [4.78, 5) is 4.04. The maximum Gasteiger partial charge on any atom is 0.134 e. The van der Waals surface area contributed by atoms with Crippen molar-refractivity contribution in [2.24, 2.45) is 0 Å². The van der Waals surface area contributed by atoms with Gasteiger partial charge in [0.25, 0.3) is 0 Å². The Hall–Kier alpha value is -1.46. The highest BCUT2D eigenvalue weighted by atomic mass is 79.9. The number of benzene rings is 1. The molecule has 3 nitrogen and oxygen atoms in total. The van der Waals surface area contributed by atoms with E-state index in [1.165, 1.54) is 12.1 Å². The molecular weight excluding hydrogens is 299 g/mol. The van der Waals surface area contributed by atoms with Gasteiger partial charge in [0.1, 0.15) is 17.3 Å². The van der Waals surface area contributed by atoms with Crippen LogP contribution in [-0.2, 0) is 6.54 Å². The summed E-state index contributed by atoms with van der Waals surface area (Å²) in [7, 11) is 1.84. The molecule has 0 radical (unpaired) electrons. The van der Waals surface area contributed by atoms with E-state index in [9.17, 15) is 4.39 Å². The van der Waals surface area contributed by atoms with Crippen molar-refractivity contribution in [1.29, 1.82) is 0 Å². The summed E-state index contributed by atoms with van der Waals surface area (Å²) in [6.07, 6.45) is 3.36. The summed E-state index contributed by atoms with van der Waals surface area (Å²) in [6, 6.07) is 6.19. The second kappa shape index (κ2) is 5.93. The topological polar surface area (TPSA) is 34.2 Å². The number of rotatable bonds is 4. The second-order valence-corrected chi connectivity index (χ2v) is 4.64.